The largest absolute Gasteiger partial charge is 0.456 e. The standard InChI is InChI=1S/C21H16N2O3S2/c1-14-5-2-8-19-22-15(11-20(24)23(14)19)13-26-21(25)17(18-7-4-10-28-18)12-16-6-3-9-27-16/h2-12H,13H2,1H3/b17-12+. The average molecular weight is 409 g/mol. The predicted octanol–water partition coefficient (Wildman–Crippen LogP) is 4.41. The number of carbonyl (C=O) groups excluding carboxylic acids is 1. The first-order valence-electron chi connectivity index (χ1n) is 8.56. The van der Waals surface area contributed by atoms with E-state index in [0.717, 1.165) is 15.4 Å². The number of thiophene rings is 2. The quantitative estimate of drug-likeness (QED) is 0.363. The highest BCUT2D eigenvalue weighted by atomic mass is 32.1. The fourth-order valence-electron chi connectivity index (χ4n) is 2.83. The first-order valence-corrected chi connectivity index (χ1v) is 10.3. The molecule has 0 aliphatic rings. The van der Waals surface area contributed by atoms with Crippen molar-refractivity contribution in [1.29, 1.82) is 0 Å². The molecular formula is C21H16N2O3S2. The van der Waals surface area contributed by atoms with E-state index in [2.05, 4.69) is 4.98 Å². The summed E-state index contributed by atoms with van der Waals surface area (Å²) in [7, 11) is 0. The maximum atomic E-state index is 12.8. The Balaban J connectivity index is 1.59. The zero-order valence-electron chi connectivity index (χ0n) is 15.0. The van der Waals surface area contributed by atoms with E-state index >= 15 is 0 Å². The third-order valence-corrected chi connectivity index (χ3v) is 5.84. The van der Waals surface area contributed by atoms with Gasteiger partial charge in [-0.05, 0) is 48.0 Å². The van der Waals surface area contributed by atoms with Gasteiger partial charge in [0, 0.05) is 21.5 Å². The van der Waals surface area contributed by atoms with E-state index in [9.17, 15) is 9.59 Å². The van der Waals surface area contributed by atoms with Crippen molar-refractivity contribution in [2.45, 2.75) is 13.5 Å². The molecule has 0 aromatic carbocycles. The molecule has 0 aliphatic heterocycles. The van der Waals surface area contributed by atoms with E-state index < -0.39 is 5.97 Å². The summed E-state index contributed by atoms with van der Waals surface area (Å²) in [6.07, 6.45) is 1.82. The fourth-order valence-corrected chi connectivity index (χ4v) is 4.22. The van der Waals surface area contributed by atoms with Crippen molar-refractivity contribution in [2.75, 3.05) is 0 Å². The Kier molecular flexibility index (Phi) is 5.18. The van der Waals surface area contributed by atoms with Crippen LogP contribution < -0.4 is 5.56 Å². The van der Waals surface area contributed by atoms with E-state index in [0.29, 0.717) is 16.9 Å². The lowest BCUT2D eigenvalue weighted by atomic mass is 10.2. The number of hydrogen-bond donors (Lipinski definition) is 0. The molecule has 5 nitrogen and oxygen atoms in total. The molecule has 4 aromatic rings. The van der Waals surface area contributed by atoms with Crippen LogP contribution >= 0.6 is 22.7 Å². The van der Waals surface area contributed by atoms with Gasteiger partial charge in [-0.3, -0.25) is 9.20 Å². The zero-order valence-corrected chi connectivity index (χ0v) is 16.6. The molecule has 0 aliphatic carbocycles. The predicted molar refractivity (Wildman–Crippen MR) is 113 cm³/mol. The highest BCUT2D eigenvalue weighted by Gasteiger charge is 2.16. The normalized spacial score (nSPS) is 11.7. The lowest BCUT2D eigenvalue weighted by Crippen LogP contribution is -2.18. The van der Waals surface area contributed by atoms with Crippen LogP contribution in [0.1, 0.15) is 21.1 Å². The molecule has 0 radical (unpaired) electrons. The minimum Gasteiger partial charge on any atom is -0.456 e. The second-order valence-corrected chi connectivity index (χ2v) is 8.00. The topological polar surface area (TPSA) is 60.7 Å². The third kappa shape index (κ3) is 3.81. The molecule has 0 spiro atoms. The maximum Gasteiger partial charge on any atom is 0.340 e. The summed E-state index contributed by atoms with van der Waals surface area (Å²) in [5.74, 6) is -0.443. The number of rotatable bonds is 5. The molecule has 4 aromatic heterocycles. The summed E-state index contributed by atoms with van der Waals surface area (Å²) < 4.78 is 7.02. The van der Waals surface area contributed by atoms with Gasteiger partial charge < -0.3 is 4.74 Å². The molecule has 0 saturated heterocycles. The van der Waals surface area contributed by atoms with Crippen molar-refractivity contribution in [3.8, 4) is 0 Å². The number of pyridine rings is 1. The summed E-state index contributed by atoms with van der Waals surface area (Å²) in [5.41, 5.74) is 2.06. The monoisotopic (exact) mass is 408 g/mol. The van der Waals surface area contributed by atoms with Crippen molar-refractivity contribution in [1.82, 2.24) is 9.38 Å². The van der Waals surface area contributed by atoms with E-state index in [1.807, 2.05) is 60.2 Å². The van der Waals surface area contributed by atoms with Crippen molar-refractivity contribution in [3.63, 3.8) is 0 Å². The van der Waals surface area contributed by atoms with Gasteiger partial charge in [-0.1, -0.05) is 18.2 Å². The van der Waals surface area contributed by atoms with Gasteiger partial charge in [0.05, 0.1) is 11.3 Å². The molecule has 0 unspecified atom stereocenters. The van der Waals surface area contributed by atoms with Gasteiger partial charge in [0.2, 0.25) is 0 Å². The van der Waals surface area contributed by atoms with Crippen LogP contribution in [0.5, 0.6) is 0 Å². The highest BCUT2D eigenvalue weighted by Crippen LogP contribution is 2.26. The first-order chi connectivity index (χ1) is 13.6. The average Bonchev–Trinajstić information content (AvgIpc) is 3.38. The van der Waals surface area contributed by atoms with E-state index in [-0.39, 0.29) is 12.2 Å². The SMILES string of the molecule is Cc1cccc2nc(COC(=O)/C(=C/c3cccs3)c3cccs3)cc(=O)n12. The maximum absolute atomic E-state index is 12.8. The van der Waals surface area contributed by atoms with Crippen LogP contribution in [0.4, 0.5) is 0 Å². The molecule has 4 rings (SSSR count). The number of carbonyl (C=O) groups is 1. The summed E-state index contributed by atoms with van der Waals surface area (Å²) in [6.45, 7) is 1.78. The van der Waals surface area contributed by atoms with E-state index in [1.54, 1.807) is 17.4 Å². The Morgan fingerprint density at radius 3 is 2.71 bits per heavy atom. The van der Waals surface area contributed by atoms with Gasteiger partial charge in [0.1, 0.15) is 12.3 Å². The molecule has 0 N–H and O–H groups in total. The van der Waals surface area contributed by atoms with Crippen LogP contribution in [0.25, 0.3) is 17.3 Å². The second-order valence-electron chi connectivity index (χ2n) is 6.07. The van der Waals surface area contributed by atoms with E-state index in [4.69, 9.17) is 4.74 Å². The van der Waals surface area contributed by atoms with Gasteiger partial charge in [-0.25, -0.2) is 9.78 Å². The minimum absolute atomic E-state index is 0.0638. The van der Waals surface area contributed by atoms with Gasteiger partial charge in [-0.2, -0.15) is 0 Å². The highest BCUT2D eigenvalue weighted by molar-refractivity contribution is 7.12. The lowest BCUT2D eigenvalue weighted by Gasteiger charge is -2.09. The number of nitrogens with zero attached hydrogens (tertiary/aromatic N) is 2. The molecule has 0 atom stereocenters. The molecule has 0 amide bonds. The fraction of sp³-hybridized carbons (Fsp3) is 0.0952. The Hall–Kier alpha value is -3.03. The van der Waals surface area contributed by atoms with Gasteiger partial charge in [0.15, 0.2) is 0 Å². The summed E-state index contributed by atoms with van der Waals surface area (Å²) in [5, 5.41) is 3.87. The summed E-state index contributed by atoms with van der Waals surface area (Å²) in [4.78, 5) is 31.4. The lowest BCUT2D eigenvalue weighted by molar-refractivity contribution is -0.137. The Bertz CT molecular complexity index is 1210. The second kappa shape index (κ2) is 7.92. The molecule has 0 saturated carbocycles. The number of hydrogen-bond acceptors (Lipinski definition) is 6. The van der Waals surface area contributed by atoms with Crippen LogP contribution in [0.15, 0.2) is 64.1 Å². The number of fused-ring (bicyclic) bond motifs is 1. The number of aromatic nitrogens is 2. The van der Waals surface area contributed by atoms with Crippen molar-refractivity contribution in [2.24, 2.45) is 0 Å². The third-order valence-electron chi connectivity index (χ3n) is 4.12. The number of ether oxygens (including phenoxy) is 1. The molecule has 140 valence electrons. The smallest absolute Gasteiger partial charge is 0.340 e. The summed E-state index contributed by atoms with van der Waals surface area (Å²) >= 11 is 3.02. The molecule has 0 fully saturated rings. The van der Waals surface area contributed by atoms with Crippen LogP contribution in [-0.4, -0.2) is 15.4 Å². The Morgan fingerprint density at radius 1 is 1.14 bits per heavy atom. The number of aryl methyl sites for hydroxylation is 1. The van der Waals surface area contributed by atoms with Gasteiger partial charge >= 0.3 is 5.97 Å². The molecule has 4 heterocycles. The van der Waals surface area contributed by atoms with Crippen LogP contribution in [0.2, 0.25) is 0 Å². The van der Waals surface area contributed by atoms with Gasteiger partial charge in [0.25, 0.3) is 5.56 Å². The molecule has 7 heteroatoms. The zero-order chi connectivity index (χ0) is 19.5. The van der Waals surface area contributed by atoms with Crippen LogP contribution in [0, 0.1) is 6.92 Å². The first kappa shape index (κ1) is 18.3. The Labute approximate surface area is 169 Å². The number of esters is 1. The van der Waals surface area contributed by atoms with E-state index in [1.165, 1.54) is 21.8 Å². The summed E-state index contributed by atoms with van der Waals surface area (Å²) in [6, 6.07) is 14.5. The molecule has 0 bridgehead atoms. The van der Waals surface area contributed by atoms with Crippen molar-refractivity contribution < 1.29 is 9.53 Å². The minimum atomic E-state index is -0.443. The van der Waals surface area contributed by atoms with Crippen LogP contribution in [0.3, 0.4) is 0 Å². The van der Waals surface area contributed by atoms with Crippen LogP contribution in [-0.2, 0) is 16.1 Å². The molecule has 28 heavy (non-hydrogen) atoms. The van der Waals surface area contributed by atoms with Gasteiger partial charge in [-0.15, -0.1) is 22.7 Å². The van der Waals surface area contributed by atoms with Crippen molar-refractivity contribution >= 4 is 45.9 Å². The molecular weight excluding hydrogens is 392 g/mol. The van der Waals surface area contributed by atoms with Crippen molar-refractivity contribution in [3.05, 3.63) is 90.8 Å². The Morgan fingerprint density at radius 2 is 1.96 bits per heavy atom.